The van der Waals surface area contributed by atoms with Crippen LogP contribution in [0.4, 0.5) is 5.69 Å². The number of fused-ring (bicyclic) bond motifs is 4. The van der Waals surface area contributed by atoms with Gasteiger partial charge in [-0.2, -0.15) is 0 Å². The summed E-state index contributed by atoms with van der Waals surface area (Å²) in [4.78, 5) is 42.4. The van der Waals surface area contributed by atoms with Gasteiger partial charge in [-0.1, -0.05) is 61.4 Å². The fourth-order valence-corrected chi connectivity index (χ4v) is 6.35. The maximum atomic E-state index is 13.8. The Hall–Kier alpha value is -2.99. The lowest BCUT2D eigenvalue weighted by atomic mass is 9.76. The van der Waals surface area contributed by atoms with Crippen molar-refractivity contribution in [3.8, 4) is 0 Å². The number of hydrogen-bond acceptors (Lipinski definition) is 4. The number of imide groups is 1. The maximum absolute atomic E-state index is 13.8. The number of likely N-dealkylation sites (tertiary alicyclic amines) is 1. The lowest BCUT2D eigenvalue weighted by Crippen LogP contribution is -2.54. The Labute approximate surface area is 181 Å². The number of para-hydroxylation sites is 1. The molecule has 1 saturated carbocycles. The fourth-order valence-electron chi connectivity index (χ4n) is 6.35. The molecule has 0 radical (unpaired) electrons. The van der Waals surface area contributed by atoms with E-state index in [1.807, 2.05) is 54.6 Å². The van der Waals surface area contributed by atoms with E-state index in [1.165, 1.54) is 4.90 Å². The van der Waals surface area contributed by atoms with Gasteiger partial charge in [0.1, 0.15) is 5.54 Å². The van der Waals surface area contributed by atoms with Gasteiger partial charge in [0, 0.05) is 23.3 Å². The summed E-state index contributed by atoms with van der Waals surface area (Å²) < 4.78 is 0. The topological polar surface area (TPSA) is 78.5 Å². The third kappa shape index (κ3) is 2.51. The molecule has 6 heteroatoms. The predicted octanol–water partition coefficient (Wildman–Crippen LogP) is 2.59. The summed E-state index contributed by atoms with van der Waals surface area (Å²) >= 11 is 0. The first-order chi connectivity index (χ1) is 15.1. The molecule has 31 heavy (non-hydrogen) atoms. The van der Waals surface area contributed by atoms with Gasteiger partial charge in [0.05, 0.1) is 11.8 Å². The lowest BCUT2D eigenvalue weighted by Gasteiger charge is -2.31. The summed E-state index contributed by atoms with van der Waals surface area (Å²) in [6.07, 6.45) is 4.40. The predicted molar refractivity (Wildman–Crippen MR) is 115 cm³/mol. The second-order valence-corrected chi connectivity index (χ2v) is 9.24. The van der Waals surface area contributed by atoms with E-state index in [1.54, 1.807) is 0 Å². The Balaban J connectivity index is 1.47. The average Bonchev–Trinajstić information content (AvgIpc) is 3.52. The molecule has 2 saturated heterocycles. The summed E-state index contributed by atoms with van der Waals surface area (Å²) in [7, 11) is 0. The quantitative estimate of drug-likeness (QED) is 0.756. The molecule has 3 fully saturated rings. The largest absolute Gasteiger partial charge is 0.324 e. The highest BCUT2D eigenvalue weighted by Gasteiger charge is 2.70. The van der Waals surface area contributed by atoms with Gasteiger partial charge < -0.3 is 5.32 Å². The van der Waals surface area contributed by atoms with Gasteiger partial charge in [0.25, 0.3) is 0 Å². The number of nitrogens with one attached hydrogen (secondary N) is 2. The zero-order chi connectivity index (χ0) is 21.2. The van der Waals surface area contributed by atoms with Gasteiger partial charge in [-0.05, 0) is 30.9 Å². The van der Waals surface area contributed by atoms with E-state index in [-0.39, 0.29) is 29.8 Å². The molecule has 1 aliphatic carbocycles. The molecule has 2 N–H and O–H groups in total. The summed E-state index contributed by atoms with van der Waals surface area (Å²) in [5.41, 5.74) is 1.39. The molecule has 3 amide bonds. The van der Waals surface area contributed by atoms with Crippen molar-refractivity contribution in [1.82, 2.24) is 10.2 Å². The van der Waals surface area contributed by atoms with Crippen molar-refractivity contribution in [3.63, 3.8) is 0 Å². The molecule has 6 rings (SSSR count). The molecule has 2 aromatic rings. The van der Waals surface area contributed by atoms with Gasteiger partial charge >= 0.3 is 0 Å². The smallest absolute Gasteiger partial charge is 0.250 e. The Morgan fingerprint density at radius 3 is 2.39 bits per heavy atom. The van der Waals surface area contributed by atoms with Gasteiger partial charge in [-0.15, -0.1) is 0 Å². The number of hydrogen-bond donors (Lipinski definition) is 2. The zero-order valence-electron chi connectivity index (χ0n) is 17.2. The van der Waals surface area contributed by atoms with Crippen LogP contribution in [0.2, 0.25) is 0 Å². The van der Waals surface area contributed by atoms with Crippen LogP contribution < -0.4 is 10.6 Å². The Morgan fingerprint density at radius 2 is 1.61 bits per heavy atom. The molecule has 158 valence electrons. The van der Waals surface area contributed by atoms with E-state index in [4.69, 9.17) is 0 Å². The summed E-state index contributed by atoms with van der Waals surface area (Å²) in [5, 5.41) is 6.48. The first kappa shape index (κ1) is 18.8. The molecule has 0 aromatic heterocycles. The minimum Gasteiger partial charge on any atom is -0.324 e. The molecular formula is C25H25N3O3. The van der Waals surface area contributed by atoms with Crippen molar-refractivity contribution in [2.75, 3.05) is 5.32 Å². The van der Waals surface area contributed by atoms with Crippen molar-refractivity contribution < 1.29 is 14.4 Å². The van der Waals surface area contributed by atoms with Crippen LogP contribution in [0, 0.1) is 11.8 Å². The van der Waals surface area contributed by atoms with E-state index in [2.05, 4.69) is 10.6 Å². The van der Waals surface area contributed by atoms with Crippen LogP contribution in [0.15, 0.2) is 54.6 Å². The highest BCUT2D eigenvalue weighted by molar-refractivity contribution is 6.15. The SMILES string of the molecule is O=C1[C@H]2[C@H](Cc3ccccc3)N[C@@]3(C(=O)Nc4ccccc43)[C@@H]2C(=O)N1C1CCCC1. The lowest BCUT2D eigenvalue weighted by molar-refractivity contribution is -0.145. The molecule has 0 bridgehead atoms. The highest BCUT2D eigenvalue weighted by atomic mass is 16.2. The fraction of sp³-hybridized carbons (Fsp3) is 0.400. The van der Waals surface area contributed by atoms with Crippen molar-refractivity contribution in [3.05, 3.63) is 65.7 Å². The molecule has 1 spiro atoms. The van der Waals surface area contributed by atoms with E-state index < -0.39 is 17.4 Å². The number of carbonyl (C=O) groups is 3. The van der Waals surface area contributed by atoms with Crippen LogP contribution in [0.5, 0.6) is 0 Å². The van der Waals surface area contributed by atoms with Crippen LogP contribution >= 0.6 is 0 Å². The second kappa shape index (κ2) is 6.76. The molecule has 4 atom stereocenters. The third-order valence-electron chi connectivity index (χ3n) is 7.64. The molecule has 0 unspecified atom stereocenters. The van der Waals surface area contributed by atoms with E-state index in [0.29, 0.717) is 6.42 Å². The van der Waals surface area contributed by atoms with Gasteiger partial charge in [0.15, 0.2) is 0 Å². The van der Waals surface area contributed by atoms with Crippen LogP contribution in [-0.4, -0.2) is 34.7 Å². The van der Waals surface area contributed by atoms with E-state index in [0.717, 1.165) is 42.5 Å². The van der Waals surface area contributed by atoms with E-state index in [9.17, 15) is 14.4 Å². The minimum absolute atomic E-state index is 0.0280. The monoisotopic (exact) mass is 415 g/mol. The molecule has 4 aliphatic rings. The number of benzene rings is 2. The summed E-state index contributed by atoms with van der Waals surface area (Å²) in [6.45, 7) is 0. The van der Waals surface area contributed by atoms with Crippen molar-refractivity contribution in [2.45, 2.75) is 49.7 Å². The van der Waals surface area contributed by atoms with Crippen LogP contribution in [0.1, 0.15) is 36.8 Å². The first-order valence-corrected chi connectivity index (χ1v) is 11.2. The Morgan fingerprint density at radius 1 is 0.903 bits per heavy atom. The second-order valence-electron chi connectivity index (χ2n) is 9.24. The Kier molecular flexibility index (Phi) is 4.09. The number of anilines is 1. The maximum Gasteiger partial charge on any atom is 0.250 e. The van der Waals surface area contributed by atoms with Crippen molar-refractivity contribution >= 4 is 23.4 Å². The third-order valence-corrected chi connectivity index (χ3v) is 7.64. The Bertz CT molecular complexity index is 1080. The first-order valence-electron chi connectivity index (χ1n) is 11.2. The number of amides is 3. The molecule has 3 heterocycles. The standard InChI is InChI=1S/C25H25N3O3/c29-22-20-19(14-15-8-2-1-3-9-15)27-25(17-12-6-7-13-18(17)26-24(25)31)21(20)23(30)28(22)16-10-4-5-11-16/h1-3,6-9,12-13,16,19-21,27H,4-5,10-11,14H2,(H,26,31)/t19-,20-,21-,25+/m0/s1. The van der Waals surface area contributed by atoms with Gasteiger partial charge in [-0.25, -0.2) is 0 Å². The number of nitrogens with zero attached hydrogens (tertiary/aromatic N) is 1. The average molecular weight is 415 g/mol. The number of rotatable bonds is 3. The van der Waals surface area contributed by atoms with Crippen LogP contribution in [0.25, 0.3) is 0 Å². The summed E-state index contributed by atoms with van der Waals surface area (Å²) in [5.74, 6) is -1.77. The highest BCUT2D eigenvalue weighted by Crippen LogP contribution is 2.54. The minimum atomic E-state index is -1.19. The molecule has 6 nitrogen and oxygen atoms in total. The van der Waals surface area contributed by atoms with Crippen LogP contribution in [-0.2, 0) is 26.3 Å². The summed E-state index contributed by atoms with van der Waals surface area (Å²) in [6, 6.07) is 17.2. The van der Waals surface area contributed by atoms with Gasteiger partial charge in [0.2, 0.25) is 17.7 Å². The van der Waals surface area contributed by atoms with E-state index >= 15 is 0 Å². The zero-order valence-corrected chi connectivity index (χ0v) is 17.2. The number of carbonyl (C=O) groups excluding carboxylic acids is 3. The normalized spacial score (nSPS) is 32.1. The van der Waals surface area contributed by atoms with Crippen LogP contribution in [0.3, 0.4) is 0 Å². The van der Waals surface area contributed by atoms with Crippen molar-refractivity contribution in [2.24, 2.45) is 11.8 Å². The molecule has 3 aliphatic heterocycles. The van der Waals surface area contributed by atoms with Gasteiger partial charge in [-0.3, -0.25) is 24.6 Å². The molecule has 2 aromatic carbocycles. The molecular weight excluding hydrogens is 390 g/mol. The van der Waals surface area contributed by atoms with Crippen molar-refractivity contribution in [1.29, 1.82) is 0 Å².